The molecule has 0 radical (unpaired) electrons. The summed E-state index contributed by atoms with van der Waals surface area (Å²) in [6.07, 6.45) is 2.25. The summed E-state index contributed by atoms with van der Waals surface area (Å²) < 4.78 is 7.72. The van der Waals surface area contributed by atoms with Gasteiger partial charge in [-0.2, -0.15) is 0 Å². The topological polar surface area (TPSA) is 85.2 Å². The van der Waals surface area contributed by atoms with Crippen molar-refractivity contribution in [1.82, 2.24) is 30.4 Å². The van der Waals surface area contributed by atoms with Crippen LogP contribution < -0.4 is 10.1 Å². The molecule has 34 heavy (non-hydrogen) atoms. The van der Waals surface area contributed by atoms with Crippen molar-refractivity contribution < 1.29 is 9.53 Å². The average Bonchev–Trinajstić information content (AvgIpc) is 3.61. The van der Waals surface area contributed by atoms with Crippen molar-refractivity contribution in [3.63, 3.8) is 0 Å². The highest BCUT2D eigenvalue weighted by atomic mass is 35.5. The zero-order chi connectivity index (χ0) is 23.3. The van der Waals surface area contributed by atoms with Gasteiger partial charge in [0.2, 0.25) is 5.91 Å². The number of benzene rings is 2. The summed E-state index contributed by atoms with van der Waals surface area (Å²) in [6, 6.07) is 18.9. The first-order chi connectivity index (χ1) is 16.6. The number of carbonyl (C=O) groups is 1. The predicted octanol–water partition coefficient (Wildman–Crippen LogP) is 4.31. The maximum Gasteiger partial charge on any atom is 0.237 e. The Balaban J connectivity index is 1.30. The van der Waals surface area contributed by atoms with E-state index in [4.69, 9.17) is 16.3 Å². The Bertz CT molecular complexity index is 1220. The standard InChI is InChI=1S/C24H23ClN6O2S/c25-18-6-8-20(9-7-18)33-21-4-1-3-17(11-21)14-30-15-19(31-16-27-28-29-31)12-23(30)24(32)26-13-22-5-2-10-34-22/h1-11,16,19,23H,12-15H2,(H,26,32)/t19-,23-/m0/s1. The van der Waals surface area contributed by atoms with Crippen molar-refractivity contribution in [3.8, 4) is 11.5 Å². The maximum absolute atomic E-state index is 13.1. The van der Waals surface area contributed by atoms with Crippen LogP contribution in [0.2, 0.25) is 5.02 Å². The van der Waals surface area contributed by atoms with Crippen LogP contribution in [0.5, 0.6) is 11.5 Å². The van der Waals surface area contributed by atoms with Gasteiger partial charge in [0.15, 0.2) is 0 Å². The van der Waals surface area contributed by atoms with E-state index in [1.54, 1.807) is 34.5 Å². The average molecular weight is 495 g/mol. The van der Waals surface area contributed by atoms with Crippen LogP contribution in [0.25, 0.3) is 0 Å². The van der Waals surface area contributed by atoms with Gasteiger partial charge >= 0.3 is 0 Å². The second kappa shape index (κ2) is 10.3. The lowest BCUT2D eigenvalue weighted by atomic mass is 10.1. The van der Waals surface area contributed by atoms with Crippen molar-refractivity contribution in [1.29, 1.82) is 0 Å². The van der Waals surface area contributed by atoms with Crippen molar-refractivity contribution in [2.45, 2.75) is 31.6 Å². The van der Waals surface area contributed by atoms with Crippen molar-refractivity contribution in [2.75, 3.05) is 6.54 Å². The van der Waals surface area contributed by atoms with Gasteiger partial charge in [0.1, 0.15) is 17.8 Å². The molecule has 0 spiro atoms. The molecular weight excluding hydrogens is 472 g/mol. The lowest BCUT2D eigenvalue weighted by Gasteiger charge is -2.23. The van der Waals surface area contributed by atoms with Crippen LogP contribution in [0.3, 0.4) is 0 Å². The SMILES string of the molecule is O=C(NCc1cccs1)[C@@H]1C[C@H](n2cnnn2)CN1Cc1cccc(Oc2ccc(Cl)cc2)c1. The molecule has 0 bridgehead atoms. The quantitative estimate of drug-likeness (QED) is 0.393. The summed E-state index contributed by atoms with van der Waals surface area (Å²) >= 11 is 7.60. The first kappa shape index (κ1) is 22.5. The van der Waals surface area contributed by atoms with E-state index in [0.29, 0.717) is 36.8 Å². The highest BCUT2D eigenvalue weighted by molar-refractivity contribution is 7.09. The number of aromatic nitrogens is 4. The van der Waals surface area contributed by atoms with Gasteiger partial charge in [-0.05, 0) is 70.3 Å². The van der Waals surface area contributed by atoms with Gasteiger partial charge in [0.05, 0.1) is 18.6 Å². The third-order valence-corrected chi connectivity index (χ3v) is 6.90. The van der Waals surface area contributed by atoms with Gasteiger partial charge in [-0.3, -0.25) is 9.69 Å². The molecule has 1 N–H and O–H groups in total. The molecule has 1 saturated heterocycles. The Hall–Kier alpha value is -3.27. The summed E-state index contributed by atoms with van der Waals surface area (Å²) in [6.45, 7) is 1.80. The molecule has 8 nitrogen and oxygen atoms in total. The van der Waals surface area contributed by atoms with Gasteiger partial charge in [0, 0.05) is 23.0 Å². The van der Waals surface area contributed by atoms with Crippen molar-refractivity contribution in [3.05, 3.63) is 87.8 Å². The Kier molecular flexibility index (Phi) is 6.84. The van der Waals surface area contributed by atoms with E-state index in [2.05, 4.69) is 25.7 Å². The number of thiophene rings is 1. The lowest BCUT2D eigenvalue weighted by molar-refractivity contribution is -0.125. The van der Waals surface area contributed by atoms with E-state index >= 15 is 0 Å². The molecule has 174 valence electrons. The molecule has 0 unspecified atom stereocenters. The van der Waals surface area contributed by atoms with Crippen molar-refractivity contribution >= 4 is 28.8 Å². The van der Waals surface area contributed by atoms with E-state index in [-0.39, 0.29) is 18.0 Å². The largest absolute Gasteiger partial charge is 0.457 e. The summed E-state index contributed by atoms with van der Waals surface area (Å²) in [4.78, 5) is 16.5. The number of likely N-dealkylation sites (tertiary alicyclic amines) is 1. The number of hydrogen-bond acceptors (Lipinski definition) is 7. The first-order valence-electron chi connectivity index (χ1n) is 10.9. The molecule has 4 aromatic rings. The normalized spacial score (nSPS) is 18.1. The minimum atomic E-state index is -0.282. The fraction of sp³-hybridized carbons (Fsp3) is 0.250. The third-order valence-electron chi connectivity index (χ3n) is 5.77. The number of hydrogen-bond donors (Lipinski definition) is 1. The van der Waals surface area contributed by atoms with Crippen molar-refractivity contribution in [2.24, 2.45) is 0 Å². The first-order valence-corrected chi connectivity index (χ1v) is 12.2. The van der Waals surface area contributed by atoms with Crippen LogP contribution in [0.15, 0.2) is 72.4 Å². The molecule has 2 aromatic carbocycles. The zero-order valence-corrected chi connectivity index (χ0v) is 19.8. The van der Waals surface area contributed by atoms with Crippen LogP contribution in [-0.4, -0.2) is 43.6 Å². The molecule has 0 saturated carbocycles. The number of carbonyl (C=O) groups excluding carboxylic acids is 1. The molecule has 1 aliphatic heterocycles. The second-order valence-corrected chi connectivity index (χ2v) is 9.59. The maximum atomic E-state index is 13.1. The van der Waals surface area contributed by atoms with Gasteiger partial charge < -0.3 is 10.1 Å². The Labute approximate surface area is 206 Å². The van der Waals surface area contributed by atoms with Gasteiger partial charge in [0.25, 0.3) is 0 Å². The minimum Gasteiger partial charge on any atom is -0.457 e. The zero-order valence-electron chi connectivity index (χ0n) is 18.3. The van der Waals surface area contributed by atoms with Gasteiger partial charge in [-0.1, -0.05) is 29.8 Å². The van der Waals surface area contributed by atoms with Crippen LogP contribution in [-0.2, 0) is 17.9 Å². The summed E-state index contributed by atoms with van der Waals surface area (Å²) in [5.41, 5.74) is 1.06. The van der Waals surface area contributed by atoms with Crippen LogP contribution in [0.4, 0.5) is 0 Å². The Morgan fingerprint density at radius 3 is 2.79 bits per heavy atom. The third kappa shape index (κ3) is 5.44. The lowest BCUT2D eigenvalue weighted by Crippen LogP contribution is -2.42. The number of amides is 1. The molecule has 3 heterocycles. The second-order valence-electron chi connectivity index (χ2n) is 8.13. The number of tetrazole rings is 1. The summed E-state index contributed by atoms with van der Waals surface area (Å²) in [7, 11) is 0. The highest BCUT2D eigenvalue weighted by Gasteiger charge is 2.38. The predicted molar refractivity (Wildman–Crippen MR) is 130 cm³/mol. The fourth-order valence-electron chi connectivity index (χ4n) is 4.14. The molecule has 5 rings (SSSR count). The van der Waals surface area contributed by atoms with Crippen LogP contribution >= 0.6 is 22.9 Å². The fourth-order valence-corrected chi connectivity index (χ4v) is 4.91. The van der Waals surface area contributed by atoms with Crippen LogP contribution in [0.1, 0.15) is 22.9 Å². The molecular formula is C24H23ClN6O2S. The Morgan fingerprint density at radius 1 is 1.15 bits per heavy atom. The monoisotopic (exact) mass is 494 g/mol. The van der Waals surface area contributed by atoms with Crippen LogP contribution in [0, 0.1) is 0 Å². The molecule has 2 aromatic heterocycles. The number of nitrogens with one attached hydrogen (secondary N) is 1. The molecule has 2 atom stereocenters. The van der Waals surface area contributed by atoms with E-state index in [9.17, 15) is 4.79 Å². The minimum absolute atomic E-state index is 0.0116. The van der Waals surface area contributed by atoms with E-state index in [1.807, 2.05) is 53.9 Å². The highest BCUT2D eigenvalue weighted by Crippen LogP contribution is 2.30. The molecule has 10 heteroatoms. The molecule has 1 aliphatic rings. The van der Waals surface area contributed by atoms with E-state index < -0.39 is 0 Å². The number of halogens is 1. The summed E-state index contributed by atoms with van der Waals surface area (Å²) in [5.74, 6) is 1.46. The number of ether oxygens (including phenoxy) is 1. The van der Waals surface area contributed by atoms with Gasteiger partial charge in [-0.25, -0.2) is 4.68 Å². The molecule has 1 amide bonds. The number of nitrogens with zero attached hydrogens (tertiary/aromatic N) is 5. The smallest absolute Gasteiger partial charge is 0.237 e. The molecule has 0 aliphatic carbocycles. The molecule has 1 fully saturated rings. The van der Waals surface area contributed by atoms with E-state index in [1.165, 1.54) is 0 Å². The number of rotatable bonds is 8. The summed E-state index contributed by atoms with van der Waals surface area (Å²) in [5, 5.41) is 17.3. The van der Waals surface area contributed by atoms with Gasteiger partial charge in [-0.15, -0.1) is 16.4 Å². The van der Waals surface area contributed by atoms with E-state index in [0.717, 1.165) is 16.2 Å². The Morgan fingerprint density at radius 2 is 2.03 bits per heavy atom.